The van der Waals surface area contributed by atoms with Gasteiger partial charge >= 0.3 is 0 Å². The Kier molecular flexibility index (Phi) is 7.47. The van der Waals surface area contributed by atoms with Crippen molar-refractivity contribution < 1.29 is 13.9 Å². The Bertz CT molecular complexity index is 453. The van der Waals surface area contributed by atoms with Crippen LogP contribution in [0, 0.1) is 11.7 Å². The number of rotatable bonds is 6. The molecule has 118 valence electrons. The molecule has 4 nitrogen and oxygen atoms in total. The molecule has 1 heterocycles. The third-order valence-electron chi connectivity index (χ3n) is 3.49. The maximum Gasteiger partial charge on any atom is 0.224 e. The average molecular weight is 317 g/mol. The minimum Gasteiger partial charge on any atom is -0.489 e. The second kappa shape index (κ2) is 8.85. The summed E-state index contributed by atoms with van der Waals surface area (Å²) in [6.07, 6.45) is 1.49. The molecule has 2 N–H and O–H groups in total. The molecule has 1 saturated heterocycles. The van der Waals surface area contributed by atoms with E-state index < -0.39 is 0 Å². The largest absolute Gasteiger partial charge is 0.489 e. The fourth-order valence-corrected chi connectivity index (χ4v) is 2.24. The first-order chi connectivity index (χ1) is 9.69. The van der Waals surface area contributed by atoms with Crippen molar-refractivity contribution in [2.75, 3.05) is 19.6 Å². The van der Waals surface area contributed by atoms with Crippen LogP contribution >= 0.6 is 12.4 Å². The molecule has 1 fully saturated rings. The van der Waals surface area contributed by atoms with Gasteiger partial charge in [0.25, 0.3) is 0 Å². The number of halogens is 2. The number of nitrogens with one attached hydrogen (secondary N) is 2. The third-order valence-corrected chi connectivity index (χ3v) is 3.49. The lowest BCUT2D eigenvalue weighted by molar-refractivity contribution is -0.124. The maximum atomic E-state index is 13.1. The SMILES string of the molecule is CCC(CNC(=O)C1CCNC1)Oc1cccc(F)c1.Cl. The van der Waals surface area contributed by atoms with E-state index in [2.05, 4.69) is 10.6 Å². The van der Waals surface area contributed by atoms with Crippen molar-refractivity contribution in [3.05, 3.63) is 30.1 Å². The van der Waals surface area contributed by atoms with E-state index in [1.54, 1.807) is 12.1 Å². The third kappa shape index (κ3) is 5.52. The highest BCUT2D eigenvalue weighted by atomic mass is 35.5. The summed E-state index contributed by atoms with van der Waals surface area (Å²) < 4.78 is 18.8. The molecular formula is C15H22ClFN2O2. The van der Waals surface area contributed by atoms with Crippen LogP contribution in [0.25, 0.3) is 0 Å². The molecule has 0 spiro atoms. The Morgan fingerprint density at radius 3 is 3.00 bits per heavy atom. The lowest BCUT2D eigenvalue weighted by atomic mass is 10.1. The summed E-state index contributed by atoms with van der Waals surface area (Å²) >= 11 is 0. The second-order valence-corrected chi connectivity index (χ2v) is 5.04. The van der Waals surface area contributed by atoms with Gasteiger partial charge in [0.15, 0.2) is 0 Å². The number of benzene rings is 1. The molecule has 1 aromatic rings. The fourth-order valence-electron chi connectivity index (χ4n) is 2.24. The van der Waals surface area contributed by atoms with E-state index >= 15 is 0 Å². The predicted octanol–water partition coefficient (Wildman–Crippen LogP) is 2.13. The molecule has 1 aliphatic heterocycles. The van der Waals surface area contributed by atoms with Gasteiger partial charge in [-0.2, -0.15) is 0 Å². The number of ether oxygens (including phenoxy) is 1. The zero-order chi connectivity index (χ0) is 14.4. The summed E-state index contributed by atoms with van der Waals surface area (Å²) in [7, 11) is 0. The first kappa shape index (κ1) is 17.7. The van der Waals surface area contributed by atoms with Crippen LogP contribution in [0.15, 0.2) is 24.3 Å². The Hall–Kier alpha value is -1.33. The molecule has 0 bridgehead atoms. The van der Waals surface area contributed by atoms with E-state index in [4.69, 9.17) is 4.74 Å². The van der Waals surface area contributed by atoms with E-state index in [1.807, 2.05) is 6.92 Å². The highest BCUT2D eigenvalue weighted by Crippen LogP contribution is 2.15. The zero-order valence-corrected chi connectivity index (χ0v) is 12.9. The van der Waals surface area contributed by atoms with Gasteiger partial charge in [-0.1, -0.05) is 13.0 Å². The summed E-state index contributed by atoms with van der Waals surface area (Å²) in [4.78, 5) is 11.9. The van der Waals surface area contributed by atoms with Crippen LogP contribution in [-0.4, -0.2) is 31.6 Å². The fraction of sp³-hybridized carbons (Fsp3) is 0.533. The van der Waals surface area contributed by atoms with Crippen molar-refractivity contribution in [1.82, 2.24) is 10.6 Å². The van der Waals surface area contributed by atoms with Gasteiger partial charge in [0.05, 0.1) is 12.5 Å². The summed E-state index contributed by atoms with van der Waals surface area (Å²) in [6.45, 7) is 4.07. The standard InChI is InChI=1S/C15H21FN2O2.ClH/c1-2-13(20-14-5-3-4-12(16)8-14)10-18-15(19)11-6-7-17-9-11;/h3-5,8,11,13,17H,2,6-7,9-10H2,1H3,(H,18,19);1H. The van der Waals surface area contributed by atoms with Crippen molar-refractivity contribution in [3.8, 4) is 5.75 Å². The molecule has 1 aliphatic rings. The molecule has 21 heavy (non-hydrogen) atoms. The van der Waals surface area contributed by atoms with Crippen LogP contribution in [0.5, 0.6) is 5.75 Å². The Balaban J connectivity index is 0.00000220. The average Bonchev–Trinajstić information content (AvgIpc) is 2.97. The molecule has 0 radical (unpaired) electrons. The van der Waals surface area contributed by atoms with E-state index in [9.17, 15) is 9.18 Å². The highest BCUT2D eigenvalue weighted by molar-refractivity contribution is 5.85. The molecule has 1 amide bonds. The van der Waals surface area contributed by atoms with Crippen LogP contribution in [-0.2, 0) is 4.79 Å². The minimum absolute atomic E-state index is 0. The van der Waals surface area contributed by atoms with Gasteiger partial charge < -0.3 is 15.4 Å². The Morgan fingerprint density at radius 1 is 1.57 bits per heavy atom. The molecule has 1 aromatic carbocycles. The minimum atomic E-state index is -0.321. The van der Waals surface area contributed by atoms with Gasteiger partial charge in [-0.25, -0.2) is 4.39 Å². The van der Waals surface area contributed by atoms with E-state index in [-0.39, 0.29) is 36.2 Å². The summed E-state index contributed by atoms with van der Waals surface area (Å²) in [5.41, 5.74) is 0. The van der Waals surface area contributed by atoms with Crippen LogP contribution in [0.4, 0.5) is 4.39 Å². The quantitative estimate of drug-likeness (QED) is 0.845. The van der Waals surface area contributed by atoms with Crippen molar-refractivity contribution in [1.29, 1.82) is 0 Å². The lowest BCUT2D eigenvalue weighted by Crippen LogP contribution is -2.39. The van der Waals surface area contributed by atoms with Crippen molar-refractivity contribution in [2.24, 2.45) is 5.92 Å². The molecule has 6 heteroatoms. The molecule has 2 unspecified atom stereocenters. The molecule has 2 atom stereocenters. The molecular weight excluding hydrogens is 295 g/mol. The van der Waals surface area contributed by atoms with Crippen LogP contribution < -0.4 is 15.4 Å². The first-order valence-electron chi connectivity index (χ1n) is 7.09. The topological polar surface area (TPSA) is 50.4 Å². The van der Waals surface area contributed by atoms with Gasteiger partial charge in [0.2, 0.25) is 5.91 Å². The summed E-state index contributed by atoms with van der Waals surface area (Å²) in [5.74, 6) is 0.296. The number of hydrogen-bond donors (Lipinski definition) is 2. The smallest absolute Gasteiger partial charge is 0.224 e. The van der Waals surface area contributed by atoms with E-state index in [1.165, 1.54) is 12.1 Å². The van der Waals surface area contributed by atoms with Crippen LogP contribution in [0.3, 0.4) is 0 Å². The number of carbonyl (C=O) groups is 1. The molecule has 0 aromatic heterocycles. The predicted molar refractivity (Wildman–Crippen MR) is 82.3 cm³/mol. The lowest BCUT2D eigenvalue weighted by Gasteiger charge is -2.19. The van der Waals surface area contributed by atoms with Crippen molar-refractivity contribution in [3.63, 3.8) is 0 Å². The Morgan fingerprint density at radius 2 is 2.38 bits per heavy atom. The number of carbonyl (C=O) groups excluding carboxylic acids is 1. The van der Waals surface area contributed by atoms with Gasteiger partial charge in [0, 0.05) is 12.6 Å². The van der Waals surface area contributed by atoms with Crippen molar-refractivity contribution >= 4 is 18.3 Å². The molecule has 0 saturated carbocycles. The summed E-state index contributed by atoms with van der Waals surface area (Å²) in [6, 6.07) is 6.06. The van der Waals surface area contributed by atoms with Crippen LogP contribution in [0.1, 0.15) is 19.8 Å². The van der Waals surface area contributed by atoms with Crippen LogP contribution in [0.2, 0.25) is 0 Å². The van der Waals surface area contributed by atoms with E-state index in [0.29, 0.717) is 12.3 Å². The zero-order valence-electron chi connectivity index (χ0n) is 12.1. The normalized spacial score (nSPS) is 18.7. The molecule has 0 aliphatic carbocycles. The molecule has 2 rings (SSSR count). The van der Waals surface area contributed by atoms with E-state index in [0.717, 1.165) is 25.9 Å². The highest BCUT2D eigenvalue weighted by Gasteiger charge is 2.22. The summed E-state index contributed by atoms with van der Waals surface area (Å²) in [5, 5.41) is 6.08. The van der Waals surface area contributed by atoms with Gasteiger partial charge in [-0.3, -0.25) is 4.79 Å². The number of hydrogen-bond acceptors (Lipinski definition) is 3. The van der Waals surface area contributed by atoms with Crippen molar-refractivity contribution in [2.45, 2.75) is 25.9 Å². The van der Waals surface area contributed by atoms with Gasteiger partial charge in [0.1, 0.15) is 17.7 Å². The number of amides is 1. The first-order valence-corrected chi connectivity index (χ1v) is 7.09. The van der Waals surface area contributed by atoms with Gasteiger partial charge in [-0.15, -0.1) is 12.4 Å². The maximum absolute atomic E-state index is 13.1. The Labute approximate surface area is 130 Å². The second-order valence-electron chi connectivity index (χ2n) is 5.04. The monoisotopic (exact) mass is 316 g/mol. The van der Waals surface area contributed by atoms with Gasteiger partial charge in [-0.05, 0) is 31.5 Å².